The van der Waals surface area contributed by atoms with Crippen molar-refractivity contribution in [1.29, 1.82) is 0 Å². The molecular formula is C13H18N4O4S. The Bertz CT molecular complexity index is 598. The van der Waals surface area contributed by atoms with Gasteiger partial charge in [0.1, 0.15) is 17.4 Å². The normalized spacial score (nSPS) is 13.5. The first kappa shape index (κ1) is 17.9. The smallest absolute Gasteiger partial charge is 0.327 e. The van der Waals surface area contributed by atoms with Crippen LogP contribution in [-0.2, 0) is 4.79 Å². The average molecular weight is 326 g/mol. The molecule has 1 aromatic heterocycles. The van der Waals surface area contributed by atoms with E-state index in [4.69, 9.17) is 5.11 Å². The quantitative estimate of drug-likeness (QED) is 0.236. The number of carboxylic acid groups (broad SMARTS) is 1. The van der Waals surface area contributed by atoms with Crippen LogP contribution in [0.15, 0.2) is 12.4 Å². The van der Waals surface area contributed by atoms with Crippen molar-refractivity contribution in [2.75, 3.05) is 5.75 Å². The number of thiol groups is 1. The zero-order chi connectivity index (χ0) is 16.9. The first-order chi connectivity index (χ1) is 10.1. The lowest BCUT2D eigenvalue weighted by atomic mass is 10.1. The molecule has 1 amide bonds. The van der Waals surface area contributed by atoms with Crippen LogP contribution in [0.1, 0.15) is 37.0 Å². The summed E-state index contributed by atoms with van der Waals surface area (Å²) in [6, 6.07) is -1.13. The van der Waals surface area contributed by atoms with Crippen LogP contribution in [0, 0.1) is 5.21 Å². The average Bonchev–Trinajstić information content (AvgIpc) is 2.43. The van der Waals surface area contributed by atoms with Crippen LogP contribution in [0.3, 0.4) is 0 Å². The van der Waals surface area contributed by atoms with E-state index < -0.39 is 23.5 Å². The molecule has 0 fully saturated rings. The Kier molecular flexibility index (Phi) is 5.86. The van der Waals surface area contributed by atoms with E-state index in [1.165, 1.54) is 18.6 Å². The number of aliphatic carboxylic acids is 1. The van der Waals surface area contributed by atoms with E-state index in [0.717, 1.165) is 0 Å². The molecule has 0 bridgehead atoms. The third-order valence-corrected chi connectivity index (χ3v) is 2.95. The van der Waals surface area contributed by atoms with Crippen LogP contribution < -0.4 is 5.32 Å². The van der Waals surface area contributed by atoms with E-state index in [1.54, 1.807) is 20.8 Å². The summed E-state index contributed by atoms with van der Waals surface area (Å²) < 4.78 is 0.701. The highest BCUT2D eigenvalue weighted by molar-refractivity contribution is 7.80. The Hall–Kier alpha value is -2.16. The molecule has 0 aliphatic rings. The lowest BCUT2D eigenvalue weighted by Gasteiger charge is -2.18. The monoisotopic (exact) mass is 326 g/mol. The Morgan fingerprint density at radius 1 is 1.50 bits per heavy atom. The molecule has 1 heterocycles. The van der Waals surface area contributed by atoms with Gasteiger partial charge in [0.05, 0.1) is 12.4 Å². The largest absolute Gasteiger partial charge is 0.623 e. The van der Waals surface area contributed by atoms with Crippen LogP contribution in [-0.4, -0.2) is 55.2 Å². The number of rotatable bonds is 5. The molecule has 22 heavy (non-hydrogen) atoms. The molecule has 0 saturated heterocycles. The van der Waals surface area contributed by atoms with Crippen molar-refractivity contribution in [3.63, 3.8) is 0 Å². The third kappa shape index (κ3) is 4.99. The zero-order valence-electron chi connectivity index (χ0n) is 12.5. The Morgan fingerprint density at radius 2 is 2.14 bits per heavy atom. The van der Waals surface area contributed by atoms with Crippen molar-refractivity contribution in [3.8, 4) is 0 Å². The molecule has 0 saturated carbocycles. The molecule has 9 heteroatoms. The molecule has 1 aromatic rings. The second-order valence-electron chi connectivity index (χ2n) is 5.50. The van der Waals surface area contributed by atoms with Crippen LogP contribution >= 0.6 is 12.6 Å². The van der Waals surface area contributed by atoms with Gasteiger partial charge in [0.2, 0.25) is 6.21 Å². The number of aromatic nitrogens is 2. The Labute approximate surface area is 133 Å². The van der Waals surface area contributed by atoms with Crippen molar-refractivity contribution in [2.24, 2.45) is 0 Å². The highest BCUT2D eigenvalue weighted by Gasteiger charge is 2.21. The number of carboxylic acids is 1. The molecule has 1 rings (SSSR count). The van der Waals surface area contributed by atoms with Gasteiger partial charge in [0.15, 0.2) is 5.54 Å². The number of nitrogens with one attached hydrogen (secondary N) is 1. The molecular weight excluding hydrogens is 308 g/mol. The second-order valence-corrected chi connectivity index (χ2v) is 5.87. The van der Waals surface area contributed by atoms with Crippen LogP contribution in [0.4, 0.5) is 0 Å². The van der Waals surface area contributed by atoms with Gasteiger partial charge in [-0.2, -0.15) is 12.6 Å². The molecule has 2 N–H and O–H groups in total. The second kappa shape index (κ2) is 7.21. The predicted molar refractivity (Wildman–Crippen MR) is 83.3 cm³/mol. The highest BCUT2D eigenvalue weighted by atomic mass is 32.1. The van der Waals surface area contributed by atoms with Gasteiger partial charge in [0, 0.05) is 26.5 Å². The summed E-state index contributed by atoms with van der Waals surface area (Å²) in [5.74, 6) is -1.95. The number of carbonyl (C=O) groups is 2. The Balaban J connectivity index is 2.97. The van der Waals surface area contributed by atoms with Crippen LogP contribution in [0.25, 0.3) is 0 Å². The first-order valence-corrected chi connectivity index (χ1v) is 7.06. The molecule has 0 aliphatic heterocycles. The van der Waals surface area contributed by atoms with E-state index in [2.05, 4.69) is 27.9 Å². The molecule has 1 atom stereocenters. The molecule has 1 unspecified atom stereocenters. The molecule has 0 aliphatic carbocycles. The summed E-state index contributed by atoms with van der Waals surface area (Å²) in [6.07, 6.45) is 3.74. The van der Waals surface area contributed by atoms with Crippen LogP contribution in [0.2, 0.25) is 0 Å². The van der Waals surface area contributed by atoms with Crippen molar-refractivity contribution in [2.45, 2.75) is 32.4 Å². The van der Waals surface area contributed by atoms with E-state index >= 15 is 0 Å². The third-order valence-electron chi connectivity index (χ3n) is 2.58. The molecule has 0 aromatic carbocycles. The van der Waals surface area contributed by atoms with Gasteiger partial charge in [-0.3, -0.25) is 9.78 Å². The Morgan fingerprint density at radius 3 is 2.64 bits per heavy atom. The van der Waals surface area contributed by atoms with Crippen molar-refractivity contribution in [3.05, 3.63) is 29.0 Å². The van der Waals surface area contributed by atoms with E-state index in [0.29, 0.717) is 4.74 Å². The SMILES string of the molecule is CC(C)(C)/[N+]([O-])=C/c1cncc(C(=O)NC(CS)C(=O)O)n1. The van der Waals surface area contributed by atoms with Gasteiger partial charge >= 0.3 is 5.97 Å². The lowest BCUT2D eigenvalue weighted by Crippen LogP contribution is -2.42. The van der Waals surface area contributed by atoms with E-state index in [9.17, 15) is 14.8 Å². The number of hydrogen-bond donors (Lipinski definition) is 3. The number of hydroxylamine groups is 1. The van der Waals surface area contributed by atoms with E-state index in [1.807, 2.05) is 0 Å². The fourth-order valence-electron chi connectivity index (χ4n) is 1.28. The van der Waals surface area contributed by atoms with Gasteiger partial charge < -0.3 is 15.6 Å². The van der Waals surface area contributed by atoms with Crippen molar-refractivity contribution >= 4 is 30.7 Å². The maximum Gasteiger partial charge on any atom is 0.327 e. The maximum atomic E-state index is 11.9. The molecule has 8 nitrogen and oxygen atoms in total. The predicted octanol–water partition coefficient (Wildman–Crippen LogP) is 0.317. The van der Waals surface area contributed by atoms with Gasteiger partial charge in [-0.25, -0.2) is 14.5 Å². The fourth-order valence-corrected chi connectivity index (χ4v) is 1.53. The molecule has 120 valence electrons. The highest BCUT2D eigenvalue weighted by Crippen LogP contribution is 2.05. The number of nitrogens with zero attached hydrogens (tertiary/aromatic N) is 3. The van der Waals surface area contributed by atoms with Gasteiger partial charge in [-0.05, 0) is 0 Å². The maximum absolute atomic E-state index is 11.9. The first-order valence-electron chi connectivity index (χ1n) is 6.43. The van der Waals surface area contributed by atoms with Crippen LogP contribution in [0.5, 0.6) is 0 Å². The number of hydrogen-bond acceptors (Lipinski definition) is 6. The van der Waals surface area contributed by atoms with Gasteiger partial charge in [-0.1, -0.05) is 0 Å². The summed E-state index contributed by atoms with van der Waals surface area (Å²) in [5.41, 5.74) is -0.528. The zero-order valence-corrected chi connectivity index (χ0v) is 13.4. The van der Waals surface area contributed by atoms with Crippen molar-refractivity contribution in [1.82, 2.24) is 15.3 Å². The molecule has 0 spiro atoms. The summed E-state index contributed by atoms with van der Waals surface area (Å²) >= 11 is 3.85. The van der Waals surface area contributed by atoms with E-state index in [-0.39, 0.29) is 17.1 Å². The molecule has 0 radical (unpaired) electrons. The summed E-state index contributed by atoms with van der Waals surface area (Å²) in [6.45, 7) is 5.18. The van der Waals surface area contributed by atoms with Crippen molar-refractivity contribution < 1.29 is 19.4 Å². The lowest BCUT2D eigenvalue weighted by molar-refractivity contribution is -0.530. The number of amides is 1. The summed E-state index contributed by atoms with van der Waals surface area (Å²) in [4.78, 5) is 30.6. The minimum Gasteiger partial charge on any atom is -0.623 e. The topological polar surface area (TPSA) is 118 Å². The minimum atomic E-state index is -1.20. The summed E-state index contributed by atoms with van der Waals surface area (Å²) in [7, 11) is 0. The fraction of sp³-hybridized carbons (Fsp3) is 0.462. The standard InChI is InChI=1S/C13H18N4O4S/c1-13(2,3)17(21)6-8-4-14-5-9(15-8)11(18)16-10(7-22)12(19)20/h4-6,10,22H,7H2,1-3H3,(H,16,18)(H,19,20)/b17-6-. The minimum absolute atomic E-state index is 0.0569. The number of carbonyl (C=O) groups excluding carboxylic acids is 1. The summed E-state index contributed by atoms with van der Waals surface area (Å²) in [5, 5.41) is 23.0. The van der Waals surface area contributed by atoms with Gasteiger partial charge in [0.25, 0.3) is 5.91 Å². The van der Waals surface area contributed by atoms with Gasteiger partial charge in [-0.15, -0.1) is 0 Å².